The van der Waals surface area contributed by atoms with Crippen molar-refractivity contribution in [3.63, 3.8) is 0 Å². The molecule has 118 valence electrons. The second-order valence-electron chi connectivity index (χ2n) is 7.60. The molecule has 0 aromatic heterocycles. The molecule has 0 bridgehead atoms. The van der Waals surface area contributed by atoms with Gasteiger partial charge in [0.05, 0.1) is 0 Å². The Bertz CT molecular complexity index is 407. The average molecular weight is 294 g/mol. The molecule has 0 heterocycles. The van der Waals surface area contributed by atoms with Crippen molar-refractivity contribution in [1.82, 2.24) is 0 Å². The van der Waals surface area contributed by atoms with Crippen molar-refractivity contribution >= 4 is 0 Å². The van der Waals surface area contributed by atoms with Crippen LogP contribution in [0.5, 0.6) is 0 Å². The summed E-state index contributed by atoms with van der Waals surface area (Å²) in [6.45, 7) is 2.38. The van der Waals surface area contributed by atoms with Crippen LogP contribution in [0, 0.1) is 23.7 Å². The molecule has 0 aromatic carbocycles. The number of hydrogen-bond acceptors (Lipinski definition) is 0. The maximum Gasteiger partial charge on any atom is 0.155 e. The third-order valence-electron chi connectivity index (χ3n) is 6.19. The summed E-state index contributed by atoms with van der Waals surface area (Å²) in [5, 5.41) is 0. The second-order valence-corrected chi connectivity index (χ2v) is 7.60. The topological polar surface area (TPSA) is 0 Å². The maximum absolute atomic E-state index is 13.5. The number of alkyl halides is 1. The van der Waals surface area contributed by atoms with Crippen LogP contribution in [-0.2, 0) is 0 Å². The van der Waals surface area contributed by atoms with E-state index in [1.807, 2.05) is 6.08 Å². The van der Waals surface area contributed by atoms with Gasteiger partial charge in [0, 0.05) is 6.42 Å². The lowest BCUT2D eigenvalue weighted by molar-refractivity contribution is 0.156. The molecule has 1 atom stereocenters. The van der Waals surface area contributed by atoms with E-state index in [4.69, 9.17) is 0 Å². The normalized spacial score (nSPS) is 41.4. The summed E-state index contributed by atoms with van der Waals surface area (Å²) in [5.74, 6) is 2.67. The molecule has 0 spiro atoms. The fourth-order valence-electron chi connectivity index (χ4n) is 4.68. The van der Waals surface area contributed by atoms with Gasteiger partial charge >= 0.3 is 0 Å². The van der Waals surface area contributed by atoms with E-state index in [0.717, 1.165) is 23.3 Å². The molecule has 21 heavy (non-hydrogen) atoms. The zero-order valence-electron chi connectivity index (χ0n) is 13.2. The third-order valence-corrected chi connectivity index (χ3v) is 6.19. The Labute approximate surface area is 127 Å². The van der Waals surface area contributed by atoms with Gasteiger partial charge in [0.25, 0.3) is 0 Å². The highest BCUT2D eigenvalue weighted by atomic mass is 19.2. The Hall–Kier alpha value is -0.660. The summed E-state index contributed by atoms with van der Waals surface area (Å²) in [6.07, 6.45) is 12.7. The summed E-state index contributed by atoms with van der Waals surface area (Å²) in [4.78, 5) is 0. The van der Waals surface area contributed by atoms with Gasteiger partial charge in [-0.2, -0.15) is 0 Å². The molecular weight excluding hydrogens is 266 g/mol. The highest BCUT2D eigenvalue weighted by Gasteiger charge is 2.32. The summed E-state index contributed by atoms with van der Waals surface area (Å²) >= 11 is 0. The van der Waals surface area contributed by atoms with Crippen LogP contribution in [-0.4, -0.2) is 6.17 Å². The first-order valence-corrected chi connectivity index (χ1v) is 8.83. The molecule has 0 nitrogen and oxygen atoms in total. The molecule has 3 aliphatic carbocycles. The molecule has 2 heteroatoms. The van der Waals surface area contributed by atoms with Crippen LogP contribution in [0.1, 0.15) is 64.7 Å². The second kappa shape index (κ2) is 6.62. The highest BCUT2D eigenvalue weighted by molar-refractivity contribution is 5.26. The summed E-state index contributed by atoms with van der Waals surface area (Å²) in [6, 6.07) is 0. The van der Waals surface area contributed by atoms with Crippen molar-refractivity contribution in [3.8, 4) is 0 Å². The first-order chi connectivity index (χ1) is 10.1. The van der Waals surface area contributed by atoms with Gasteiger partial charge in [0.1, 0.15) is 5.83 Å². The van der Waals surface area contributed by atoms with E-state index in [2.05, 4.69) is 6.92 Å². The molecule has 0 aliphatic heterocycles. The van der Waals surface area contributed by atoms with Crippen LogP contribution in [0.3, 0.4) is 0 Å². The first-order valence-electron chi connectivity index (χ1n) is 8.83. The lowest BCUT2D eigenvalue weighted by Gasteiger charge is -2.38. The lowest BCUT2D eigenvalue weighted by Crippen LogP contribution is -2.26. The number of hydrogen-bond donors (Lipinski definition) is 0. The van der Waals surface area contributed by atoms with E-state index >= 15 is 0 Å². The predicted octanol–water partition coefficient (Wildman–Crippen LogP) is 6.14. The standard InChI is InChI=1S/C19H28F2/c1-13-2-4-14(5-3-13)15-6-8-16(9-7-15)17-10-11-18(20)19(21)12-17/h10-11,13-16,19H,2-9,12H2,1H3. The third kappa shape index (κ3) is 3.57. The van der Waals surface area contributed by atoms with Crippen molar-refractivity contribution in [2.75, 3.05) is 0 Å². The molecule has 3 aliphatic rings. The van der Waals surface area contributed by atoms with Crippen LogP contribution < -0.4 is 0 Å². The number of halogens is 2. The molecule has 1 unspecified atom stereocenters. The number of rotatable bonds is 2. The van der Waals surface area contributed by atoms with Crippen LogP contribution in [0.4, 0.5) is 8.78 Å². The molecule has 0 N–H and O–H groups in total. The van der Waals surface area contributed by atoms with Gasteiger partial charge in [-0.25, -0.2) is 8.78 Å². The zero-order chi connectivity index (χ0) is 14.8. The van der Waals surface area contributed by atoms with Gasteiger partial charge in [-0.1, -0.05) is 31.4 Å². The maximum atomic E-state index is 13.5. The minimum atomic E-state index is -1.39. The largest absolute Gasteiger partial charge is 0.239 e. The molecule has 0 aromatic rings. The lowest BCUT2D eigenvalue weighted by atomic mass is 9.68. The van der Waals surface area contributed by atoms with Crippen molar-refractivity contribution < 1.29 is 8.78 Å². The molecule has 0 amide bonds. The van der Waals surface area contributed by atoms with E-state index in [9.17, 15) is 8.78 Å². The van der Waals surface area contributed by atoms with Gasteiger partial charge in [-0.15, -0.1) is 0 Å². The average Bonchev–Trinajstić information content (AvgIpc) is 2.51. The molecule has 0 saturated heterocycles. The van der Waals surface area contributed by atoms with Crippen LogP contribution in [0.25, 0.3) is 0 Å². The van der Waals surface area contributed by atoms with E-state index in [-0.39, 0.29) is 0 Å². The molecule has 0 radical (unpaired) electrons. The van der Waals surface area contributed by atoms with Gasteiger partial charge in [0.2, 0.25) is 0 Å². The fraction of sp³-hybridized carbons (Fsp3) is 0.789. The predicted molar refractivity (Wildman–Crippen MR) is 83.4 cm³/mol. The SMILES string of the molecule is CC1CCC(C2CCC(C3=CC=C(F)C(F)C3)CC2)CC1. The summed E-state index contributed by atoms with van der Waals surface area (Å²) in [7, 11) is 0. The van der Waals surface area contributed by atoms with Crippen LogP contribution >= 0.6 is 0 Å². The van der Waals surface area contributed by atoms with Crippen molar-refractivity contribution in [1.29, 1.82) is 0 Å². The Kier molecular flexibility index (Phi) is 4.81. The Balaban J connectivity index is 1.51. The molecule has 3 rings (SSSR count). The molecular formula is C19H28F2. The van der Waals surface area contributed by atoms with E-state index in [0.29, 0.717) is 12.3 Å². The van der Waals surface area contributed by atoms with Crippen molar-refractivity contribution in [3.05, 3.63) is 23.6 Å². The van der Waals surface area contributed by atoms with Crippen LogP contribution in [0.15, 0.2) is 23.6 Å². The van der Waals surface area contributed by atoms with E-state index in [1.54, 1.807) is 0 Å². The van der Waals surface area contributed by atoms with Gasteiger partial charge in [-0.3, -0.25) is 0 Å². The summed E-state index contributed by atoms with van der Waals surface area (Å²) < 4.78 is 26.6. The smallest absolute Gasteiger partial charge is 0.155 e. The zero-order valence-corrected chi connectivity index (χ0v) is 13.2. The van der Waals surface area contributed by atoms with Gasteiger partial charge in [0.15, 0.2) is 6.17 Å². The summed E-state index contributed by atoms with van der Waals surface area (Å²) in [5.41, 5.74) is 1.15. The van der Waals surface area contributed by atoms with Crippen molar-refractivity contribution in [2.45, 2.75) is 70.9 Å². The fourth-order valence-corrected chi connectivity index (χ4v) is 4.68. The molecule has 2 fully saturated rings. The quantitative estimate of drug-likeness (QED) is 0.573. The minimum absolute atomic E-state index is 0.290. The monoisotopic (exact) mass is 294 g/mol. The highest BCUT2D eigenvalue weighted by Crippen LogP contribution is 2.44. The molecule has 2 saturated carbocycles. The Morgan fingerprint density at radius 3 is 2.00 bits per heavy atom. The van der Waals surface area contributed by atoms with Crippen molar-refractivity contribution in [2.24, 2.45) is 23.7 Å². The minimum Gasteiger partial charge on any atom is -0.239 e. The van der Waals surface area contributed by atoms with Gasteiger partial charge in [-0.05, 0) is 68.3 Å². The van der Waals surface area contributed by atoms with E-state index < -0.39 is 12.0 Å². The van der Waals surface area contributed by atoms with Crippen LogP contribution in [0.2, 0.25) is 0 Å². The Morgan fingerprint density at radius 2 is 1.43 bits per heavy atom. The number of allylic oxidation sites excluding steroid dienone is 4. The Morgan fingerprint density at radius 1 is 0.857 bits per heavy atom. The van der Waals surface area contributed by atoms with E-state index in [1.165, 1.54) is 57.4 Å². The van der Waals surface area contributed by atoms with Gasteiger partial charge < -0.3 is 0 Å². The first kappa shape index (κ1) is 15.2.